The summed E-state index contributed by atoms with van der Waals surface area (Å²) in [6, 6.07) is 10.7. The van der Waals surface area contributed by atoms with Gasteiger partial charge in [-0.3, -0.25) is 9.71 Å². The Kier molecular flexibility index (Phi) is 4.54. The molecule has 1 aliphatic rings. The first-order chi connectivity index (χ1) is 12.4. The standard InChI is InChI=1S/C18H18ClN3O2S2/c1-12-10-16(22-8-2-3-9-22)14-5-4-13(11-15(14)20-12)21-26(23,24)18-7-6-17(19)25-18/h4-7,10-11,21H,2-3,8-9H2,1H3. The van der Waals surface area contributed by atoms with Crippen LogP contribution in [0.5, 0.6) is 0 Å². The molecule has 5 nitrogen and oxygen atoms in total. The lowest BCUT2D eigenvalue weighted by molar-refractivity contribution is 0.603. The Bertz CT molecular complexity index is 1070. The molecule has 1 saturated heterocycles. The maximum absolute atomic E-state index is 12.5. The van der Waals surface area contributed by atoms with E-state index in [0.29, 0.717) is 10.0 Å². The highest BCUT2D eigenvalue weighted by molar-refractivity contribution is 7.94. The van der Waals surface area contributed by atoms with E-state index in [1.165, 1.54) is 24.6 Å². The molecule has 1 fully saturated rings. The number of aryl methyl sites for hydroxylation is 1. The fourth-order valence-electron chi connectivity index (χ4n) is 3.27. The predicted octanol–water partition coefficient (Wildman–Crippen LogP) is 4.66. The molecule has 8 heteroatoms. The van der Waals surface area contributed by atoms with Crippen molar-refractivity contribution in [1.82, 2.24) is 4.98 Å². The molecule has 1 N–H and O–H groups in total. The molecule has 1 aliphatic heterocycles. The molecule has 3 heterocycles. The second kappa shape index (κ2) is 6.72. The number of rotatable bonds is 4. The number of sulfonamides is 1. The van der Waals surface area contributed by atoms with Gasteiger partial charge in [-0.05, 0) is 56.2 Å². The number of hydrogen-bond donors (Lipinski definition) is 1. The summed E-state index contributed by atoms with van der Waals surface area (Å²) in [6.07, 6.45) is 2.40. The molecule has 0 unspecified atom stereocenters. The van der Waals surface area contributed by atoms with E-state index in [9.17, 15) is 8.42 Å². The third-order valence-corrected chi connectivity index (χ3v) is 7.53. The smallest absolute Gasteiger partial charge is 0.271 e. The summed E-state index contributed by atoms with van der Waals surface area (Å²) in [5, 5.41) is 1.04. The van der Waals surface area contributed by atoms with Gasteiger partial charge in [-0.1, -0.05) is 11.6 Å². The van der Waals surface area contributed by atoms with Gasteiger partial charge in [-0.15, -0.1) is 11.3 Å². The molecular weight excluding hydrogens is 390 g/mol. The van der Waals surface area contributed by atoms with Crippen LogP contribution < -0.4 is 9.62 Å². The normalized spacial score (nSPS) is 14.9. The average Bonchev–Trinajstić information content (AvgIpc) is 3.25. The lowest BCUT2D eigenvalue weighted by Gasteiger charge is -2.20. The highest BCUT2D eigenvalue weighted by atomic mass is 35.5. The molecule has 0 radical (unpaired) electrons. The minimum absolute atomic E-state index is 0.192. The Morgan fingerprint density at radius 1 is 1.15 bits per heavy atom. The van der Waals surface area contributed by atoms with Gasteiger partial charge in [0.2, 0.25) is 0 Å². The molecule has 136 valence electrons. The molecule has 0 amide bonds. The second-order valence-corrected chi connectivity index (χ2v) is 10.00. The van der Waals surface area contributed by atoms with E-state index in [0.717, 1.165) is 41.0 Å². The minimum Gasteiger partial charge on any atom is -0.371 e. The first-order valence-electron chi connectivity index (χ1n) is 8.37. The van der Waals surface area contributed by atoms with E-state index in [2.05, 4.69) is 20.7 Å². The summed E-state index contributed by atoms with van der Waals surface area (Å²) in [5.41, 5.74) is 3.37. The molecule has 2 aromatic heterocycles. The van der Waals surface area contributed by atoms with Crippen LogP contribution in [0.3, 0.4) is 0 Å². The largest absolute Gasteiger partial charge is 0.371 e. The van der Waals surface area contributed by atoms with Crippen molar-refractivity contribution in [2.24, 2.45) is 0 Å². The number of nitrogens with one attached hydrogen (secondary N) is 1. The topological polar surface area (TPSA) is 62.3 Å². The Morgan fingerprint density at radius 3 is 2.62 bits per heavy atom. The average molecular weight is 408 g/mol. The van der Waals surface area contributed by atoms with E-state index in [1.54, 1.807) is 18.2 Å². The van der Waals surface area contributed by atoms with Gasteiger partial charge < -0.3 is 4.90 Å². The van der Waals surface area contributed by atoms with Gasteiger partial charge in [0, 0.05) is 29.9 Å². The third kappa shape index (κ3) is 3.39. The number of halogens is 1. The number of fused-ring (bicyclic) bond motifs is 1. The number of anilines is 2. The van der Waals surface area contributed by atoms with Crippen molar-refractivity contribution in [3.05, 3.63) is 46.4 Å². The fourth-order valence-corrected chi connectivity index (χ4v) is 5.80. The summed E-state index contributed by atoms with van der Waals surface area (Å²) in [4.78, 5) is 6.96. The lowest BCUT2D eigenvalue weighted by Crippen LogP contribution is -2.18. The number of thiophene rings is 1. The monoisotopic (exact) mass is 407 g/mol. The van der Waals surface area contributed by atoms with Gasteiger partial charge in [0.25, 0.3) is 10.0 Å². The number of nitrogens with zero attached hydrogens (tertiary/aromatic N) is 2. The number of hydrogen-bond acceptors (Lipinski definition) is 5. The summed E-state index contributed by atoms with van der Waals surface area (Å²) in [5.74, 6) is 0. The van der Waals surface area contributed by atoms with Crippen molar-refractivity contribution in [1.29, 1.82) is 0 Å². The van der Waals surface area contributed by atoms with E-state index < -0.39 is 10.0 Å². The van der Waals surface area contributed by atoms with Gasteiger partial charge in [0.1, 0.15) is 4.21 Å². The quantitative estimate of drug-likeness (QED) is 0.683. The van der Waals surface area contributed by atoms with Crippen LogP contribution in [0.25, 0.3) is 10.9 Å². The van der Waals surface area contributed by atoms with Crippen LogP contribution in [0.15, 0.2) is 40.6 Å². The van der Waals surface area contributed by atoms with E-state index >= 15 is 0 Å². The molecule has 4 rings (SSSR count). The summed E-state index contributed by atoms with van der Waals surface area (Å²) < 4.78 is 28.3. The SMILES string of the molecule is Cc1cc(N2CCCC2)c2ccc(NS(=O)(=O)c3ccc(Cl)s3)cc2n1. The van der Waals surface area contributed by atoms with Crippen molar-refractivity contribution in [3.63, 3.8) is 0 Å². The van der Waals surface area contributed by atoms with Crippen molar-refractivity contribution >= 4 is 55.2 Å². The Balaban J connectivity index is 1.71. The fraction of sp³-hybridized carbons (Fsp3) is 0.278. The first-order valence-corrected chi connectivity index (χ1v) is 11.0. The zero-order valence-electron chi connectivity index (χ0n) is 14.2. The summed E-state index contributed by atoms with van der Waals surface area (Å²) >= 11 is 6.89. The highest BCUT2D eigenvalue weighted by Gasteiger charge is 2.19. The molecule has 0 spiro atoms. The first kappa shape index (κ1) is 17.6. The van der Waals surface area contributed by atoms with Gasteiger partial charge >= 0.3 is 0 Å². The maximum Gasteiger partial charge on any atom is 0.271 e. The van der Waals surface area contributed by atoms with Crippen LogP contribution in [0.2, 0.25) is 4.34 Å². The number of aromatic nitrogens is 1. The molecule has 26 heavy (non-hydrogen) atoms. The van der Waals surface area contributed by atoms with Gasteiger partial charge in [0.15, 0.2) is 0 Å². The van der Waals surface area contributed by atoms with Crippen molar-refractivity contribution in [2.75, 3.05) is 22.7 Å². The number of benzene rings is 1. The van der Waals surface area contributed by atoms with Gasteiger partial charge in [-0.2, -0.15) is 0 Å². The number of pyridine rings is 1. The van der Waals surface area contributed by atoms with Crippen molar-refractivity contribution < 1.29 is 8.42 Å². The highest BCUT2D eigenvalue weighted by Crippen LogP contribution is 2.32. The van der Waals surface area contributed by atoms with Crippen LogP contribution in [-0.2, 0) is 10.0 Å². The Morgan fingerprint density at radius 2 is 1.92 bits per heavy atom. The van der Waals surface area contributed by atoms with Crippen LogP contribution in [0.1, 0.15) is 18.5 Å². The summed E-state index contributed by atoms with van der Waals surface area (Å²) in [6.45, 7) is 4.06. The third-order valence-electron chi connectivity index (χ3n) is 4.43. The molecule has 0 saturated carbocycles. The molecular formula is C18H18ClN3O2S2. The van der Waals surface area contributed by atoms with Crippen LogP contribution >= 0.6 is 22.9 Å². The zero-order valence-corrected chi connectivity index (χ0v) is 16.6. The van der Waals surface area contributed by atoms with E-state index in [1.807, 2.05) is 13.0 Å². The zero-order chi connectivity index (χ0) is 18.3. The molecule has 0 atom stereocenters. The summed E-state index contributed by atoms with van der Waals surface area (Å²) in [7, 11) is -3.65. The Labute approximate surface area is 161 Å². The van der Waals surface area contributed by atoms with Crippen molar-refractivity contribution in [3.8, 4) is 0 Å². The van der Waals surface area contributed by atoms with Gasteiger partial charge in [0.05, 0.1) is 15.5 Å². The van der Waals surface area contributed by atoms with E-state index in [-0.39, 0.29) is 4.21 Å². The predicted molar refractivity (Wildman–Crippen MR) is 108 cm³/mol. The van der Waals surface area contributed by atoms with Crippen molar-refractivity contribution in [2.45, 2.75) is 24.0 Å². The molecule has 0 bridgehead atoms. The van der Waals surface area contributed by atoms with E-state index in [4.69, 9.17) is 11.6 Å². The molecule has 1 aromatic carbocycles. The minimum atomic E-state index is -3.65. The Hall–Kier alpha value is -1.83. The maximum atomic E-state index is 12.5. The molecule has 3 aromatic rings. The van der Waals surface area contributed by atoms with Crippen LogP contribution in [0.4, 0.5) is 11.4 Å². The van der Waals surface area contributed by atoms with Crippen LogP contribution in [0, 0.1) is 6.92 Å². The molecule has 0 aliphatic carbocycles. The second-order valence-electron chi connectivity index (χ2n) is 6.37. The van der Waals surface area contributed by atoms with Gasteiger partial charge in [-0.25, -0.2) is 8.42 Å². The van der Waals surface area contributed by atoms with Crippen LogP contribution in [-0.4, -0.2) is 26.5 Å². The lowest BCUT2D eigenvalue weighted by atomic mass is 10.1.